The zero-order valence-electron chi connectivity index (χ0n) is 18.5. The van der Waals surface area contributed by atoms with E-state index in [0.717, 1.165) is 50.4 Å². The van der Waals surface area contributed by atoms with E-state index in [4.69, 9.17) is 4.98 Å². The van der Waals surface area contributed by atoms with Crippen molar-refractivity contribution in [3.63, 3.8) is 0 Å². The van der Waals surface area contributed by atoms with Gasteiger partial charge < -0.3 is 9.13 Å². The van der Waals surface area contributed by atoms with Gasteiger partial charge in [-0.3, -0.25) is 9.97 Å². The fourth-order valence-electron chi connectivity index (χ4n) is 4.44. The van der Waals surface area contributed by atoms with Crippen molar-refractivity contribution in [3.05, 3.63) is 116 Å². The molecule has 0 spiro atoms. The third-order valence-electron chi connectivity index (χ3n) is 6.00. The first kappa shape index (κ1) is 22.0. The minimum atomic E-state index is 0. The van der Waals surface area contributed by atoms with Crippen molar-refractivity contribution in [2.24, 2.45) is 7.05 Å². The first-order valence-corrected chi connectivity index (χ1v) is 10.9. The molecule has 0 unspecified atom stereocenters. The molecule has 0 aliphatic heterocycles. The average Bonchev–Trinajstić information content (AvgIpc) is 3.52. The summed E-state index contributed by atoms with van der Waals surface area (Å²) < 4.78 is 4.19. The van der Waals surface area contributed by atoms with Crippen LogP contribution in [-0.4, -0.2) is 19.1 Å². The molecule has 0 bridgehead atoms. The maximum Gasteiger partial charge on any atom is 0.0833 e. The van der Waals surface area contributed by atoms with E-state index >= 15 is 0 Å². The van der Waals surface area contributed by atoms with Gasteiger partial charge in [-0.05, 0) is 16.6 Å². The molecule has 34 heavy (non-hydrogen) atoms. The summed E-state index contributed by atoms with van der Waals surface area (Å²) in [7, 11) is 2.00. The van der Waals surface area contributed by atoms with E-state index in [2.05, 4.69) is 82.3 Å². The molecular formula is C29H21IrN4-. The van der Waals surface area contributed by atoms with Crippen molar-refractivity contribution in [1.82, 2.24) is 19.1 Å². The molecule has 5 heteroatoms. The topological polar surface area (TPSA) is 35.6 Å². The fourth-order valence-corrected chi connectivity index (χ4v) is 4.44. The van der Waals surface area contributed by atoms with Gasteiger partial charge in [-0.1, -0.05) is 84.4 Å². The van der Waals surface area contributed by atoms with Crippen LogP contribution in [0.1, 0.15) is 0 Å². The van der Waals surface area contributed by atoms with E-state index in [0.29, 0.717) is 0 Å². The van der Waals surface area contributed by atoms with Gasteiger partial charge in [0, 0.05) is 56.2 Å². The summed E-state index contributed by atoms with van der Waals surface area (Å²) in [5.74, 6) is 0.819. The van der Waals surface area contributed by atoms with Crippen LogP contribution in [0.25, 0.3) is 50.4 Å². The Morgan fingerprint density at radius 3 is 2.03 bits per heavy atom. The van der Waals surface area contributed by atoms with Gasteiger partial charge in [0.05, 0.1) is 17.8 Å². The molecule has 0 aliphatic carbocycles. The molecule has 2 aromatic heterocycles. The molecule has 6 aromatic rings. The maximum absolute atomic E-state index is 4.77. The minimum absolute atomic E-state index is 0. The van der Waals surface area contributed by atoms with Crippen molar-refractivity contribution in [2.45, 2.75) is 0 Å². The summed E-state index contributed by atoms with van der Waals surface area (Å²) in [4.78, 5) is 9.42. The minimum Gasteiger partial charge on any atom is -0.352 e. The first-order valence-electron chi connectivity index (χ1n) is 10.9. The summed E-state index contributed by atoms with van der Waals surface area (Å²) in [6, 6.07) is 34.8. The van der Waals surface area contributed by atoms with Gasteiger partial charge in [-0.15, -0.1) is 18.2 Å². The van der Waals surface area contributed by atoms with Gasteiger partial charge in [0.2, 0.25) is 0 Å². The number of aromatic nitrogens is 4. The number of fused-ring (bicyclic) bond motifs is 1. The molecular weight excluding hydrogens is 597 g/mol. The number of nitrogens with zero attached hydrogens (tertiary/aromatic N) is 4. The molecule has 6 rings (SSSR count). The zero-order chi connectivity index (χ0) is 22.2. The Morgan fingerprint density at radius 2 is 1.38 bits per heavy atom. The second-order valence-electron chi connectivity index (χ2n) is 8.00. The van der Waals surface area contributed by atoms with Gasteiger partial charge in [0.1, 0.15) is 0 Å². The van der Waals surface area contributed by atoms with Crippen LogP contribution in [0, 0.1) is 6.07 Å². The molecule has 0 fully saturated rings. The summed E-state index contributed by atoms with van der Waals surface area (Å²) in [5, 5.41) is 0. The number of hydrogen-bond donors (Lipinski definition) is 0. The number of imidazole rings is 2. The van der Waals surface area contributed by atoms with Gasteiger partial charge >= 0.3 is 0 Å². The number of aryl methyl sites for hydroxylation is 1. The predicted octanol–water partition coefficient (Wildman–Crippen LogP) is 6.56. The predicted molar refractivity (Wildman–Crippen MR) is 133 cm³/mol. The molecule has 4 nitrogen and oxygen atoms in total. The Balaban J connectivity index is 0.00000241. The van der Waals surface area contributed by atoms with Crippen LogP contribution in [0.15, 0.2) is 110 Å². The van der Waals surface area contributed by atoms with Crippen LogP contribution in [0.3, 0.4) is 0 Å². The van der Waals surface area contributed by atoms with Gasteiger partial charge in [-0.25, -0.2) is 0 Å². The van der Waals surface area contributed by atoms with E-state index in [-0.39, 0.29) is 20.1 Å². The fraction of sp³-hybridized carbons (Fsp3) is 0.0345. The number of hydrogen-bond acceptors (Lipinski definition) is 2. The summed E-state index contributed by atoms with van der Waals surface area (Å²) >= 11 is 0. The van der Waals surface area contributed by atoms with Crippen LogP contribution in [0.5, 0.6) is 0 Å². The van der Waals surface area contributed by atoms with Crippen molar-refractivity contribution < 1.29 is 20.1 Å². The number of para-hydroxylation sites is 1. The monoisotopic (exact) mass is 618 g/mol. The van der Waals surface area contributed by atoms with Crippen molar-refractivity contribution in [3.8, 4) is 39.3 Å². The van der Waals surface area contributed by atoms with Gasteiger partial charge in [-0.2, -0.15) is 0 Å². The van der Waals surface area contributed by atoms with E-state index < -0.39 is 0 Å². The van der Waals surface area contributed by atoms with Crippen LogP contribution >= 0.6 is 0 Å². The second-order valence-corrected chi connectivity index (χ2v) is 8.00. The number of benzene rings is 4. The van der Waals surface area contributed by atoms with Crippen molar-refractivity contribution >= 4 is 11.0 Å². The Hall–Kier alpha value is -3.79. The maximum atomic E-state index is 4.77. The summed E-state index contributed by atoms with van der Waals surface area (Å²) in [6.07, 6.45) is 5.71. The first-order chi connectivity index (χ1) is 16.3. The largest absolute Gasteiger partial charge is 0.352 e. The van der Waals surface area contributed by atoms with Gasteiger partial charge in [0.15, 0.2) is 0 Å². The molecule has 1 radical (unpaired) electrons. The van der Waals surface area contributed by atoms with E-state index in [1.54, 1.807) is 0 Å². The number of rotatable bonds is 4. The molecule has 0 saturated carbocycles. The molecule has 0 amide bonds. The second kappa shape index (κ2) is 9.22. The SMILES string of the molecule is Cn1cnc2c(-c3nccn3-c3c(-c4ccccc4)cccc3-c3ccccc3)[c-]ccc21.[Ir]. The Labute approximate surface area is 211 Å². The summed E-state index contributed by atoms with van der Waals surface area (Å²) in [5.41, 5.74) is 8.52. The summed E-state index contributed by atoms with van der Waals surface area (Å²) in [6.45, 7) is 0. The molecule has 0 saturated heterocycles. The standard InChI is InChI=1S/C29H21N4.Ir/c1-32-20-31-27-25(16-9-17-26(27)32)29-30-18-19-33(29)28-23(21-10-4-2-5-11-21)14-8-15-24(28)22-12-6-3-7-13-22;/h2-15,17-20H,1H3;/q-1;. The van der Waals surface area contributed by atoms with E-state index in [1.165, 1.54) is 0 Å². The van der Waals surface area contributed by atoms with Crippen LogP contribution in [-0.2, 0) is 27.2 Å². The van der Waals surface area contributed by atoms with Crippen molar-refractivity contribution in [2.75, 3.05) is 0 Å². The van der Waals surface area contributed by atoms with E-state index in [1.807, 2.05) is 54.6 Å². The molecule has 167 valence electrons. The Bertz CT molecular complexity index is 1510. The molecule has 2 heterocycles. The van der Waals surface area contributed by atoms with E-state index in [9.17, 15) is 0 Å². The third-order valence-corrected chi connectivity index (χ3v) is 6.00. The molecule has 0 atom stereocenters. The normalized spacial score (nSPS) is 10.9. The molecule has 4 aromatic carbocycles. The van der Waals surface area contributed by atoms with Crippen LogP contribution in [0.4, 0.5) is 0 Å². The zero-order valence-corrected chi connectivity index (χ0v) is 20.9. The smallest absolute Gasteiger partial charge is 0.0833 e. The van der Waals surface area contributed by atoms with Gasteiger partial charge in [0.25, 0.3) is 0 Å². The molecule has 0 N–H and O–H groups in total. The third kappa shape index (κ3) is 3.69. The molecule has 0 aliphatic rings. The van der Waals surface area contributed by atoms with Crippen LogP contribution < -0.4 is 0 Å². The van der Waals surface area contributed by atoms with Crippen LogP contribution in [0.2, 0.25) is 0 Å². The average molecular weight is 618 g/mol. The Morgan fingerprint density at radius 1 is 0.735 bits per heavy atom. The van der Waals surface area contributed by atoms with Crippen molar-refractivity contribution in [1.29, 1.82) is 0 Å². The Kier molecular flexibility index (Phi) is 5.97. The quantitative estimate of drug-likeness (QED) is 0.210.